The van der Waals surface area contributed by atoms with Crippen molar-refractivity contribution in [1.29, 1.82) is 5.41 Å². The number of hydrogen-bond acceptors (Lipinski definition) is 12. The van der Waals surface area contributed by atoms with Crippen molar-refractivity contribution in [2.75, 3.05) is 13.2 Å². The second kappa shape index (κ2) is 21.3. The molecule has 0 spiro atoms. The summed E-state index contributed by atoms with van der Waals surface area (Å²) in [5.74, 6) is -7.02. The maximum atomic E-state index is 13.4. The van der Waals surface area contributed by atoms with Crippen LogP contribution in [-0.2, 0) is 35.2 Å². The highest BCUT2D eigenvalue weighted by molar-refractivity contribution is 5.96. The van der Waals surface area contributed by atoms with E-state index in [4.69, 9.17) is 16.9 Å². The zero-order valence-corrected chi connectivity index (χ0v) is 28.4. The molecule has 282 valence electrons. The largest absolute Gasteiger partial charge is 0.480 e. The van der Waals surface area contributed by atoms with Gasteiger partial charge >= 0.3 is 5.97 Å². The number of rotatable bonds is 22. The summed E-state index contributed by atoms with van der Waals surface area (Å²) in [6, 6.07) is -8.77. The van der Waals surface area contributed by atoms with Crippen molar-refractivity contribution in [2.24, 2.45) is 17.4 Å². The van der Waals surface area contributed by atoms with Crippen molar-refractivity contribution in [1.82, 2.24) is 41.9 Å². The van der Waals surface area contributed by atoms with Gasteiger partial charge in [-0.2, -0.15) is 0 Å². The van der Waals surface area contributed by atoms with Gasteiger partial charge in [0.1, 0.15) is 36.3 Å². The Morgan fingerprint density at radius 1 is 0.860 bits per heavy atom. The quantitative estimate of drug-likeness (QED) is 0.0304. The van der Waals surface area contributed by atoms with Crippen LogP contribution in [0.4, 0.5) is 0 Å². The number of carbonyl (C=O) groups is 6. The van der Waals surface area contributed by atoms with E-state index in [0.29, 0.717) is 12.1 Å². The molecule has 5 amide bonds. The molecular formula is C29H51N11O10. The Labute approximate surface area is 288 Å². The fourth-order valence-corrected chi connectivity index (χ4v) is 4.43. The number of aliphatic hydroxyl groups is 3. The lowest BCUT2D eigenvalue weighted by Crippen LogP contribution is -2.63. The Hall–Kier alpha value is -4.86. The van der Waals surface area contributed by atoms with Crippen molar-refractivity contribution in [2.45, 2.75) is 102 Å². The van der Waals surface area contributed by atoms with E-state index >= 15 is 0 Å². The number of H-pyrrole nitrogens is 1. The highest BCUT2D eigenvalue weighted by Crippen LogP contribution is 2.10. The first-order chi connectivity index (χ1) is 23.4. The fraction of sp³-hybridized carbons (Fsp3) is 0.655. The summed E-state index contributed by atoms with van der Waals surface area (Å²) in [6.45, 7) is 5.03. The van der Waals surface area contributed by atoms with Gasteiger partial charge in [0.25, 0.3) is 0 Å². The van der Waals surface area contributed by atoms with Crippen LogP contribution in [0.5, 0.6) is 0 Å². The zero-order valence-electron chi connectivity index (χ0n) is 28.4. The number of imidazole rings is 1. The number of nitrogens with zero attached hydrogens (tertiary/aromatic N) is 1. The minimum absolute atomic E-state index is 0.0644. The van der Waals surface area contributed by atoms with Crippen molar-refractivity contribution >= 4 is 41.5 Å². The molecule has 21 heteroatoms. The summed E-state index contributed by atoms with van der Waals surface area (Å²) in [5, 5.41) is 61.0. The molecule has 0 radical (unpaired) electrons. The Bertz CT molecular complexity index is 1290. The second-order valence-electron chi connectivity index (χ2n) is 11.8. The Morgan fingerprint density at radius 3 is 1.92 bits per heavy atom. The van der Waals surface area contributed by atoms with E-state index in [1.54, 1.807) is 13.8 Å². The number of carboxylic acids is 1. The molecule has 0 saturated carbocycles. The van der Waals surface area contributed by atoms with Gasteiger partial charge in [0.15, 0.2) is 5.96 Å². The molecule has 0 aliphatic rings. The first-order valence-electron chi connectivity index (χ1n) is 16.0. The number of carboxylic acid groups (broad SMARTS) is 1. The summed E-state index contributed by atoms with van der Waals surface area (Å²) in [4.78, 5) is 84.0. The average molecular weight is 714 g/mol. The SMILES string of the molecule is CC[C@H](C)[C@H](NC(=O)[C@@H](NC(=O)[C@H](Cc1c[nH]cn1)NC(=O)[C@@H](N)[C@@H](C)O)[C@@H](C)O)C(=O)N[C@@H](CO)C(=O)N[C@@H](CCCNC(=N)N)C(=O)O. The van der Waals surface area contributed by atoms with E-state index in [2.05, 4.69) is 41.9 Å². The molecule has 1 aromatic rings. The first kappa shape index (κ1) is 43.2. The highest BCUT2D eigenvalue weighted by atomic mass is 16.4. The Kier molecular flexibility index (Phi) is 18.4. The average Bonchev–Trinajstić information content (AvgIpc) is 3.57. The van der Waals surface area contributed by atoms with E-state index in [9.17, 15) is 49.2 Å². The van der Waals surface area contributed by atoms with Gasteiger partial charge in [0.05, 0.1) is 30.8 Å². The third-order valence-corrected chi connectivity index (χ3v) is 7.69. The van der Waals surface area contributed by atoms with Gasteiger partial charge in [-0.3, -0.25) is 29.4 Å². The number of aliphatic carboxylic acids is 1. The van der Waals surface area contributed by atoms with Crippen LogP contribution in [0.2, 0.25) is 0 Å². The van der Waals surface area contributed by atoms with Gasteiger partial charge < -0.3 is 68.8 Å². The minimum Gasteiger partial charge on any atom is -0.480 e. The number of guanidine groups is 1. The number of nitrogens with two attached hydrogens (primary N) is 2. The molecular weight excluding hydrogens is 662 g/mol. The van der Waals surface area contributed by atoms with Crippen LogP contribution in [0, 0.1) is 11.3 Å². The number of hydrogen-bond donors (Lipinski definition) is 14. The van der Waals surface area contributed by atoms with E-state index < -0.39 is 96.5 Å². The maximum Gasteiger partial charge on any atom is 0.326 e. The van der Waals surface area contributed by atoms with Crippen LogP contribution >= 0.6 is 0 Å². The topological polar surface area (TPSA) is 360 Å². The molecule has 16 N–H and O–H groups in total. The summed E-state index contributed by atoms with van der Waals surface area (Å²) in [6.07, 6.45) is 0.346. The summed E-state index contributed by atoms with van der Waals surface area (Å²) >= 11 is 0. The molecule has 0 aliphatic heterocycles. The second-order valence-corrected chi connectivity index (χ2v) is 11.8. The van der Waals surface area contributed by atoms with Crippen LogP contribution in [0.1, 0.15) is 52.7 Å². The van der Waals surface area contributed by atoms with E-state index in [1.165, 1.54) is 26.4 Å². The molecule has 0 unspecified atom stereocenters. The van der Waals surface area contributed by atoms with E-state index in [-0.39, 0.29) is 31.8 Å². The van der Waals surface area contributed by atoms with Crippen LogP contribution in [0.3, 0.4) is 0 Å². The number of nitrogens with one attached hydrogen (secondary N) is 8. The van der Waals surface area contributed by atoms with Crippen LogP contribution in [0.15, 0.2) is 12.5 Å². The Morgan fingerprint density at radius 2 is 1.42 bits per heavy atom. The molecule has 0 bridgehead atoms. The molecule has 1 aromatic heterocycles. The molecule has 50 heavy (non-hydrogen) atoms. The number of amides is 5. The number of aliphatic hydroxyl groups excluding tert-OH is 3. The fourth-order valence-electron chi connectivity index (χ4n) is 4.43. The summed E-state index contributed by atoms with van der Waals surface area (Å²) in [7, 11) is 0. The zero-order chi connectivity index (χ0) is 38.1. The standard InChI is InChI=1S/C29H51N11O10/c1-5-13(2)21(26(47)38-19(11-41)24(45)36-17(28(49)50)7-6-8-34-29(31)32)39-27(48)22(15(4)43)40-23(44)18(9-16-10-33-12-35-16)37-25(46)20(30)14(3)42/h10,12-15,17-22,41-43H,5-9,11,30H2,1-4H3,(H,33,35)(H,36,45)(H,37,46)(H,38,47)(H,39,48)(H,40,44)(H,49,50)(H4,31,32,34)/t13-,14+,15+,17-,18-,19-,20-,21-,22-/m0/s1. The third-order valence-electron chi connectivity index (χ3n) is 7.69. The molecule has 9 atom stereocenters. The van der Waals surface area contributed by atoms with Gasteiger partial charge in [-0.05, 0) is 32.6 Å². The Balaban J connectivity index is 3.11. The predicted molar refractivity (Wildman–Crippen MR) is 177 cm³/mol. The lowest BCUT2D eigenvalue weighted by Gasteiger charge is -2.30. The van der Waals surface area contributed by atoms with Gasteiger partial charge in [-0.25, -0.2) is 9.78 Å². The molecule has 0 fully saturated rings. The number of aromatic amines is 1. The first-order valence-corrected chi connectivity index (χ1v) is 16.0. The van der Waals surface area contributed by atoms with Crippen molar-refractivity contribution in [3.63, 3.8) is 0 Å². The molecule has 1 rings (SSSR count). The van der Waals surface area contributed by atoms with Crippen LogP contribution < -0.4 is 43.4 Å². The normalized spacial score (nSPS) is 16.5. The van der Waals surface area contributed by atoms with E-state index in [1.807, 2.05) is 0 Å². The van der Waals surface area contributed by atoms with Gasteiger partial charge in [0, 0.05) is 19.2 Å². The lowest BCUT2D eigenvalue weighted by atomic mass is 9.97. The molecule has 0 aliphatic carbocycles. The third kappa shape index (κ3) is 14.3. The maximum absolute atomic E-state index is 13.4. The van der Waals surface area contributed by atoms with Crippen molar-refractivity contribution in [3.05, 3.63) is 18.2 Å². The molecule has 21 nitrogen and oxygen atoms in total. The molecule has 1 heterocycles. The monoisotopic (exact) mass is 713 g/mol. The van der Waals surface area contributed by atoms with Gasteiger partial charge in [0.2, 0.25) is 29.5 Å². The highest BCUT2D eigenvalue weighted by Gasteiger charge is 2.36. The lowest BCUT2D eigenvalue weighted by molar-refractivity contribution is -0.143. The summed E-state index contributed by atoms with van der Waals surface area (Å²) < 4.78 is 0. The molecule has 0 aromatic carbocycles. The van der Waals surface area contributed by atoms with Gasteiger partial charge in [-0.15, -0.1) is 0 Å². The van der Waals surface area contributed by atoms with E-state index in [0.717, 1.165) is 0 Å². The molecule has 0 saturated heterocycles. The summed E-state index contributed by atoms with van der Waals surface area (Å²) in [5.41, 5.74) is 11.2. The predicted octanol–water partition coefficient (Wildman–Crippen LogP) is -5.15. The van der Waals surface area contributed by atoms with Crippen LogP contribution in [-0.4, -0.2) is 133 Å². The number of aromatic nitrogens is 2. The smallest absolute Gasteiger partial charge is 0.326 e. The van der Waals surface area contributed by atoms with Gasteiger partial charge in [-0.1, -0.05) is 20.3 Å². The van der Waals surface area contributed by atoms with Crippen molar-refractivity contribution in [3.8, 4) is 0 Å². The number of carbonyl (C=O) groups excluding carboxylic acids is 5. The van der Waals surface area contributed by atoms with Crippen LogP contribution in [0.25, 0.3) is 0 Å². The van der Waals surface area contributed by atoms with Crippen molar-refractivity contribution < 1.29 is 49.2 Å². The minimum atomic E-state index is -1.66.